The van der Waals surface area contributed by atoms with Gasteiger partial charge < -0.3 is 14.2 Å². The number of nitro benzene ring substituents is 1. The third kappa shape index (κ3) is 3.83. The number of hydrogen-bond acceptors (Lipinski definition) is 8. The lowest BCUT2D eigenvalue weighted by Gasteiger charge is -2.05. The first-order valence-electron chi connectivity index (χ1n) is 8.82. The molecule has 2 aromatic heterocycles. The number of fused-ring (bicyclic) bond motifs is 2. The molecule has 1 aromatic carbocycles. The van der Waals surface area contributed by atoms with Gasteiger partial charge in [-0.1, -0.05) is 6.07 Å². The predicted octanol–water partition coefficient (Wildman–Crippen LogP) is 2.40. The Morgan fingerprint density at radius 1 is 1.30 bits per heavy atom. The molecule has 152 valence electrons. The zero-order valence-corrected chi connectivity index (χ0v) is 15.7. The number of nitro groups is 1. The van der Waals surface area contributed by atoms with Crippen LogP contribution in [-0.2, 0) is 16.1 Å². The number of hydrogen-bond donors (Lipinski definition) is 0. The van der Waals surface area contributed by atoms with Crippen LogP contribution in [0.25, 0.3) is 11.7 Å². The van der Waals surface area contributed by atoms with Crippen molar-refractivity contribution < 1.29 is 23.9 Å². The molecule has 0 spiro atoms. The zero-order chi connectivity index (χ0) is 21.3. The van der Waals surface area contributed by atoms with Crippen molar-refractivity contribution in [1.29, 1.82) is 0 Å². The Labute approximate surface area is 169 Å². The minimum Gasteiger partial charge on any atom is -0.456 e. The molecule has 0 aliphatic carbocycles. The molecule has 0 amide bonds. The first-order chi connectivity index (χ1) is 14.4. The smallest absolute Gasteiger partial charge is 0.331 e. The summed E-state index contributed by atoms with van der Waals surface area (Å²) in [7, 11) is 0. The summed E-state index contributed by atoms with van der Waals surface area (Å²) in [5.74, 6) is -0.122. The maximum absolute atomic E-state index is 12.2. The van der Waals surface area contributed by atoms with E-state index in [4.69, 9.17) is 14.2 Å². The first-order valence-corrected chi connectivity index (χ1v) is 8.82. The van der Waals surface area contributed by atoms with Crippen molar-refractivity contribution in [3.05, 3.63) is 79.9 Å². The Bertz CT molecular complexity index is 1260. The van der Waals surface area contributed by atoms with Gasteiger partial charge >= 0.3 is 5.97 Å². The van der Waals surface area contributed by atoms with Crippen molar-refractivity contribution in [3.63, 3.8) is 0 Å². The number of aryl methyl sites for hydroxylation is 1. The van der Waals surface area contributed by atoms with Crippen molar-refractivity contribution in [2.45, 2.75) is 13.5 Å². The van der Waals surface area contributed by atoms with Gasteiger partial charge in [0.25, 0.3) is 11.2 Å². The fourth-order valence-corrected chi connectivity index (χ4v) is 2.92. The minimum atomic E-state index is -0.743. The van der Waals surface area contributed by atoms with Gasteiger partial charge in [0.05, 0.1) is 22.2 Å². The Kier molecular flexibility index (Phi) is 4.88. The lowest BCUT2D eigenvalue weighted by Crippen LogP contribution is -2.16. The Morgan fingerprint density at radius 3 is 2.83 bits per heavy atom. The molecule has 0 fully saturated rings. The molecule has 0 unspecified atom stereocenters. The SMILES string of the molecule is Cc1ccc2nc(COC(=O)/C=C/c3cc4c(cc3[N+](=O)[O-])OCO4)cc(=O)n2c1. The van der Waals surface area contributed by atoms with E-state index < -0.39 is 10.9 Å². The lowest BCUT2D eigenvalue weighted by atomic mass is 10.1. The van der Waals surface area contributed by atoms with Crippen LogP contribution >= 0.6 is 0 Å². The highest BCUT2D eigenvalue weighted by Gasteiger charge is 2.22. The second kappa shape index (κ2) is 7.66. The van der Waals surface area contributed by atoms with E-state index in [9.17, 15) is 19.7 Å². The van der Waals surface area contributed by atoms with E-state index in [0.717, 1.165) is 11.6 Å². The second-order valence-electron chi connectivity index (χ2n) is 6.48. The van der Waals surface area contributed by atoms with Gasteiger partial charge in [-0.3, -0.25) is 19.3 Å². The Morgan fingerprint density at radius 2 is 2.07 bits per heavy atom. The van der Waals surface area contributed by atoms with Crippen LogP contribution in [0.15, 0.2) is 47.4 Å². The van der Waals surface area contributed by atoms with Crippen LogP contribution in [0.5, 0.6) is 11.5 Å². The Hall–Kier alpha value is -4.21. The summed E-state index contributed by atoms with van der Waals surface area (Å²) in [6.45, 7) is 1.62. The summed E-state index contributed by atoms with van der Waals surface area (Å²) < 4.78 is 16.8. The van der Waals surface area contributed by atoms with Gasteiger partial charge in [-0.15, -0.1) is 0 Å². The Balaban J connectivity index is 1.49. The molecule has 30 heavy (non-hydrogen) atoms. The van der Waals surface area contributed by atoms with Crippen LogP contribution in [0.4, 0.5) is 5.69 Å². The van der Waals surface area contributed by atoms with Gasteiger partial charge in [0.1, 0.15) is 12.3 Å². The van der Waals surface area contributed by atoms with Crippen molar-refractivity contribution in [2.75, 3.05) is 6.79 Å². The number of aromatic nitrogens is 2. The van der Waals surface area contributed by atoms with Crippen LogP contribution in [0.3, 0.4) is 0 Å². The third-order valence-corrected chi connectivity index (χ3v) is 4.34. The van der Waals surface area contributed by atoms with Crippen molar-refractivity contribution in [3.8, 4) is 11.5 Å². The molecule has 1 aliphatic rings. The maximum atomic E-state index is 12.2. The molecule has 0 saturated heterocycles. The van der Waals surface area contributed by atoms with Gasteiger partial charge in [-0.05, 0) is 30.7 Å². The fourth-order valence-electron chi connectivity index (χ4n) is 2.92. The maximum Gasteiger partial charge on any atom is 0.331 e. The highest BCUT2D eigenvalue weighted by atomic mass is 16.7. The van der Waals surface area contributed by atoms with Crippen molar-refractivity contribution in [1.82, 2.24) is 9.38 Å². The van der Waals surface area contributed by atoms with Crippen LogP contribution in [0.2, 0.25) is 0 Å². The fraction of sp³-hybridized carbons (Fsp3) is 0.150. The molecule has 0 atom stereocenters. The lowest BCUT2D eigenvalue weighted by molar-refractivity contribution is -0.385. The summed E-state index contributed by atoms with van der Waals surface area (Å²) >= 11 is 0. The van der Waals surface area contributed by atoms with E-state index in [1.54, 1.807) is 12.3 Å². The van der Waals surface area contributed by atoms with Gasteiger partial charge in [0.2, 0.25) is 6.79 Å². The van der Waals surface area contributed by atoms with Crippen LogP contribution in [0.1, 0.15) is 16.8 Å². The molecular weight excluding hydrogens is 394 g/mol. The third-order valence-electron chi connectivity index (χ3n) is 4.34. The monoisotopic (exact) mass is 409 g/mol. The molecule has 0 N–H and O–H groups in total. The first kappa shape index (κ1) is 19.1. The van der Waals surface area contributed by atoms with E-state index in [-0.39, 0.29) is 36.0 Å². The highest BCUT2D eigenvalue weighted by Crippen LogP contribution is 2.38. The normalized spacial score (nSPS) is 12.4. The number of rotatable bonds is 5. The summed E-state index contributed by atoms with van der Waals surface area (Å²) in [6, 6.07) is 7.45. The summed E-state index contributed by atoms with van der Waals surface area (Å²) in [5, 5.41) is 11.3. The molecule has 0 saturated carbocycles. The summed E-state index contributed by atoms with van der Waals surface area (Å²) in [5.41, 5.74) is 1.28. The zero-order valence-electron chi connectivity index (χ0n) is 15.7. The predicted molar refractivity (Wildman–Crippen MR) is 104 cm³/mol. The number of ether oxygens (including phenoxy) is 3. The number of nitrogens with zero attached hydrogens (tertiary/aromatic N) is 3. The second-order valence-corrected chi connectivity index (χ2v) is 6.48. The number of esters is 1. The molecule has 0 bridgehead atoms. The van der Waals surface area contributed by atoms with E-state index >= 15 is 0 Å². The van der Waals surface area contributed by atoms with E-state index in [1.807, 2.05) is 13.0 Å². The van der Waals surface area contributed by atoms with Gasteiger partial charge in [0.15, 0.2) is 11.5 Å². The molecule has 10 heteroatoms. The summed E-state index contributed by atoms with van der Waals surface area (Å²) in [4.78, 5) is 39.2. The molecule has 4 rings (SSSR count). The molecule has 3 heterocycles. The van der Waals surface area contributed by atoms with Gasteiger partial charge in [0, 0.05) is 18.3 Å². The molecule has 0 radical (unpaired) electrons. The van der Waals surface area contributed by atoms with Crippen LogP contribution in [-0.4, -0.2) is 27.1 Å². The number of carbonyl (C=O) groups excluding carboxylic acids is 1. The average molecular weight is 409 g/mol. The van der Waals surface area contributed by atoms with Gasteiger partial charge in [-0.25, -0.2) is 9.78 Å². The topological polar surface area (TPSA) is 122 Å². The number of benzene rings is 1. The molecule has 3 aromatic rings. The molecular formula is C20H15N3O7. The standard InChI is InChI=1S/C20H15N3O7/c1-12-2-4-18-21-14(7-19(24)22(18)9-12)10-28-20(25)5-3-13-6-16-17(30-11-29-16)8-15(13)23(26)27/h2-9H,10-11H2,1H3/b5-3+. The largest absolute Gasteiger partial charge is 0.456 e. The quantitative estimate of drug-likeness (QED) is 0.272. The highest BCUT2D eigenvalue weighted by molar-refractivity contribution is 5.88. The van der Waals surface area contributed by atoms with E-state index in [2.05, 4.69) is 4.98 Å². The average Bonchev–Trinajstić information content (AvgIpc) is 3.18. The van der Waals surface area contributed by atoms with Crippen LogP contribution < -0.4 is 15.0 Å². The van der Waals surface area contributed by atoms with Crippen molar-refractivity contribution >= 4 is 23.4 Å². The van der Waals surface area contributed by atoms with Crippen LogP contribution in [0, 0.1) is 17.0 Å². The number of carbonyl (C=O) groups is 1. The minimum absolute atomic E-state index is 0.0278. The van der Waals surface area contributed by atoms with Gasteiger partial charge in [-0.2, -0.15) is 0 Å². The summed E-state index contributed by atoms with van der Waals surface area (Å²) in [6.07, 6.45) is 3.98. The van der Waals surface area contributed by atoms with Crippen molar-refractivity contribution in [2.24, 2.45) is 0 Å². The van der Waals surface area contributed by atoms with E-state index in [1.165, 1.54) is 28.7 Å². The molecule has 1 aliphatic heterocycles. The number of pyridine rings is 1. The molecule has 10 nitrogen and oxygen atoms in total. The van der Waals surface area contributed by atoms with E-state index in [0.29, 0.717) is 17.1 Å².